The highest BCUT2D eigenvalue weighted by molar-refractivity contribution is 6.80. The van der Waals surface area contributed by atoms with Gasteiger partial charge in [0.1, 0.15) is 17.2 Å². The van der Waals surface area contributed by atoms with Gasteiger partial charge in [-0.2, -0.15) is 0 Å². The molecule has 0 heterocycles. The van der Waals surface area contributed by atoms with E-state index in [0.717, 1.165) is 72.8 Å². The van der Waals surface area contributed by atoms with Crippen LogP contribution in [0.4, 0.5) is 0 Å². The first-order chi connectivity index (χ1) is 21.6. The lowest BCUT2D eigenvalue weighted by atomic mass is 10.3. The summed E-state index contributed by atoms with van der Waals surface area (Å²) in [6, 6.07) is 16.8. The summed E-state index contributed by atoms with van der Waals surface area (Å²) < 4.78 is 18.8. The number of hydrogen-bond acceptors (Lipinski definition) is 3. The average Bonchev–Trinajstić information content (AvgIpc) is 2.97. The van der Waals surface area contributed by atoms with Crippen molar-refractivity contribution in [3.05, 3.63) is 94.1 Å². The second-order valence-electron chi connectivity index (χ2n) is 13.9. The summed E-state index contributed by atoms with van der Waals surface area (Å²) >= 11 is 0. The first-order valence-corrected chi connectivity index (χ1v) is 26.7. The first kappa shape index (κ1) is 40.7. The SMILES string of the molecule is C=CC[Si](C)(CC=C)CCCCOc1cc(OCCCC[Si](C)(CC=C)CC=C)cc(OCCCC[Si](C)(CC=C)CC=C)c1. The molecular formula is C39H66O3Si3. The van der Waals surface area contributed by atoms with E-state index in [4.69, 9.17) is 14.2 Å². The van der Waals surface area contributed by atoms with Crippen LogP contribution in [0.2, 0.25) is 74.0 Å². The fourth-order valence-electron chi connectivity index (χ4n) is 6.28. The fourth-order valence-corrected chi connectivity index (χ4v) is 15.5. The minimum absolute atomic E-state index is 0.696. The van der Waals surface area contributed by atoms with Crippen molar-refractivity contribution in [2.24, 2.45) is 0 Å². The van der Waals surface area contributed by atoms with Gasteiger partial charge in [0.25, 0.3) is 0 Å². The van der Waals surface area contributed by atoms with E-state index in [1.54, 1.807) is 0 Å². The van der Waals surface area contributed by atoms with Crippen molar-refractivity contribution in [2.45, 2.75) is 113 Å². The number of allylic oxidation sites excluding steroid dienone is 6. The van der Waals surface area contributed by atoms with E-state index in [2.05, 4.69) is 95.6 Å². The Hall–Kier alpha value is -2.29. The van der Waals surface area contributed by atoms with Gasteiger partial charge in [-0.3, -0.25) is 0 Å². The Balaban J connectivity index is 2.77. The van der Waals surface area contributed by atoms with Gasteiger partial charge in [0.05, 0.1) is 44.0 Å². The van der Waals surface area contributed by atoms with Crippen molar-refractivity contribution in [3.63, 3.8) is 0 Å². The van der Waals surface area contributed by atoms with Crippen LogP contribution in [-0.2, 0) is 0 Å². The maximum Gasteiger partial charge on any atom is 0.126 e. The van der Waals surface area contributed by atoms with Crippen LogP contribution in [0.15, 0.2) is 94.1 Å². The molecule has 1 aromatic carbocycles. The molecule has 0 aliphatic carbocycles. The zero-order chi connectivity index (χ0) is 33.4. The van der Waals surface area contributed by atoms with Crippen LogP contribution in [-0.4, -0.2) is 44.0 Å². The Bertz CT molecular complexity index is 864. The van der Waals surface area contributed by atoms with Gasteiger partial charge in [-0.25, -0.2) is 0 Å². The molecule has 0 aliphatic rings. The predicted octanol–water partition coefficient (Wildman–Crippen LogP) is 12.5. The van der Waals surface area contributed by atoms with Gasteiger partial charge in [0, 0.05) is 18.2 Å². The van der Waals surface area contributed by atoms with Gasteiger partial charge in [-0.05, 0) is 55.5 Å². The third-order valence-electron chi connectivity index (χ3n) is 9.01. The van der Waals surface area contributed by atoms with Crippen molar-refractivity contribution in [2.75, 3.05) is 19.8 Å². The van der Waals surface area contributed by atoms with E-state index in [-0.39, 0.29) is 0 Å². The Labute approximate surface area is 281 Å². The molecule has 0 saturated heterocycles. The van der Waals surface area contributed by atoms with Crippen LogP contribution in [0.25, 0.3) is 0 Å². The van der Waals surface area contributed by atoms with Gasteiger partial charge >= 0.3 is 0 Å². The van der Waals surface area contributed by atoms with E-state index in [1.165, 1.54) is 37.4 Å². The van der Waals surface area contributed by atoms with Crippen molar-refractivity contribution in [1.82, 2.24) is 0 Å². The molecule has 0 aromatic heterocycles. The van der Waals surface area contributed by atoms with Crippen LogP contribution in [0.3, 0.4) is 0 Å². The summed E-state index contributed by atoms with van der Waals surface area (Å²) in [7, 11) is -3.99. The van der Waals surface area contributed by atoms with E-state index >= 15 is 0 Å². The van der Waals surface area contributed by atoms with Gasteiger partial charge in [-0.1, -0.05) is 93.5 Å². The summed E-state index contributed by atoms with van der Waals surface area (Å²) in [6.07, 6.45) is 19.2. The molecule has 252 valence electrons. The third kappa shape index (κ3) is 17.8. The lowest BCUT2D eigenvalue weighted by Crippen LogP contribution is -2.28. The van der Waals surface area contributed by atoms with Crippen LogP contribution < -0.4 is 14.2 Å². The molecule has 0 amide bonds. The highest BCUT2D eigenvalue weighted by atomic mass is 28.3. The second-order valence-corrected chi connectivity index (χ2v) is 28.8. The van der Waals surface area contributed by atoms with Gasteiger partial charge < -0.3 is 14.2 Å². The maximum absolute atomic E-state index is 6.26. The summed E-state index contributed by atoms with van der Waals surface area (Å²) in [5.74, 6) is 2.48. The van der Waals surface area contributed by atoms with E-state index in [0.29, 0.717) is 19.8 Å². The second kappa shape index (κ2) is 23.1. The van der Waals surface area contributed by atoms with Crippen molar-refractivity contribution in [3.8, 4) is 17.2 Å². The van der Waals surface area contributed by atoms with Gasteiger partial charge in [0.2, 0.25) is 0 Å². The highest BCUT2D eigenvalue weighted by Gasteiger charge is 2.24. The Morgan fingerprint density at radius 1 is 0.422 bits per heavy atom. The largest absolute Gasteiger partial charge is 0.493 e. The Kier molecular flexibility index (Phi) is 20.9. The number of rotatable bonds is 30. The maximum atomic E-state index is 6.26. The normalized spacial score (nSPS) is 11.8. The molecule has 1 aromatic rings. The third-order valence-corrected chi connectivity index (χ3v) is 21.3. The van der Waals surface area contributed by atoms with E-state index in [9.17, 15) is 0 Å². The molecule has 0 bridgehead atoms. The zero-order valence-electron chi connectivity index (χ0n) is 29.4. The smallest absolute Gasteiger partial charge is 0.126 e. The monoisotopic (exact) mass is 666 g/mol. The Morgan fingerprint density at radius 2 is 0.644 bits per heavy atom. The van der Waals surface area contributed by atoms with E-state index in [1.807, 2.05) is 18.2 Å². The molecule has 1 rings (SSSR count). The molecule has 0 radical (unpaired) electrons. The summed E-state index contributed by atoms with van der Waals surface area (Å²) in [4.78, 5) is 0. The van der Waals surface area contributed by atoms with Crippen LogP contribution in [0, 0.1) is 0 Å². The van der Waals surface area contributed by atoms with Gasteiger partial charge in [-0.15, -0.1) is 39.5 Å². The van der Waals surface area contributed by atoms with Crippen LogP contribution in [0.5, 0.6) is 17.2 Å². The number of benzene rings is 1. The molecule has 6 heteroatoms. The Morgan fingerprint density at radius 3 is 0.844 bits per heavy atom. The van der Waals surface area contributed by atoms with Crippen LogP contribution >= 0.6 is 0 Å². The lowest BCUT2D eigenvalue weighted by molar-refractivity contribution is 0.279. The van der Waals surface area contributed by atoms with Crippen molar-refractivity contribution < 1.29 is 14.2 Å². The lowest BCUT2D eigenvalue weighted by Gasteiger charge is -2.24. The molecule has 0 spiro atoms. The molecule has 0 atom stereocenters. The molecule has 45 heavy (non-hydrogen) atoms. The first-order valence-electron chi connectivity index (χ1n) is 17.3. The fraction of sp³-hybridized carbons (Fsp3) is 0.538. The summed E-state index contributed by atoms with van der Waals surface area (Å²) in [5.41, 5.74) is 0. The quantitative estimate of drug-likeness (QED) is 0.0464. The summed E-state index contributed by atoms with van der Waals surface area (Å²) in [6.45, 7) is 33.4. The van der Waals surface area contributed by atoms with Gasteiger partial charge in [0.15, 0.2) is 0 Å². The molecule has 3 nitrogen and oxygen atoms in total. The minimum atomic E-state index is -1.33. The number of ether oxygens (including phenoxy) is 3. The van der Waals surface area contributed by atoms with Crippen LogP contribution in [0.1, 0.15) is 38.5 Å². The molecule has 0 aliphatic heterocycles. The molecule has 0 saturated carbocycles. The highest BCUT2D eigenvalue weighted by Crippen LogP contribution is 2.31. The summed E-state index contributed by atoms with van der Waals surface area (Å²) in [5, 5.41) is 0. The van der Waals surface area contributed by atoms with E-state index < -0.39 is 24.2 Å². The number of unbranched alkanes of at least 4 members (excludes halogenated alkanes) is 3. The van der Waals surface area contributed by atoms with Crippen molar-refractivity contribution in [1.29, 1.82) is 0 Å². The van der Waals surface area contributed by atoms with Crippen molar-refractivity contribution >= 4 is 24.2 Å². The zero-order valence-corrected chi connectivity index (χ0v) is 32.4. The standard InChI is InChI=1S/C39H66O3Si3/c1-10-25-43(7,26-11-2)31-19-16-22-40-37-34-38(41-23-17-20-32-44(8,27-12-3)28-13-4)36-39(35-37)42-24-18-21-33-45(9,29-14-5)30-15-6/h10-15,34-36H,1-6,16-33H2,7-9H3. The molecular weight excluding hydrogens is 601 g/mol. The average molecular weight is 667 g/mol. The minimum Gasteiger partial charge on any atom is -0.493 e. The predicted molar refractivity (Wildman–Crippen MR) is 210 cm³/mol. The molecule has 0 N–H and O–H groups in total. The molecule has 0 unspecified atom stereocenters. The molecule has 0 fully saturated rings. The topological polar surface area (TPSA) is 27.7 Å². The number of hydrogen-bond donors (Lipinski definition) is 0.